The number of aromatic nitrogens is 1. The van der Waals surface area contributed by atoms with Crippen LogP contribution in [-0.2, 0) is 10.1 Å². The number of pyridine rings is 1. The number of azo groups is 1. The second kappa shape index (κ2) is 6.46. The lowest BCUT2D eigenvalue weighted by molar-refractivity contribution is 0.398. The van der Waals surface area contributed by atoms with Crippen LogP contribution in [0.2, 0.25) is 0 Å². The number of fused-ring (bicyclic) bond motifs is 1. The minimum absolute atomic E-state index is 0.127. The van der Waals surface area contributed by atoms with E-state index in [0.717, 1.165) is 0 Å². The van der Waals surface area contributed by atoms with Crippen molar-refractivity contribution in [3.63, 3.8) is 0 Å². The number of anilines is 1. The lowest BCUT2D eigenvalue weighted by Crippen LogP contribution is -2.01. The molecule has 3 N–H and O–H groups in total. The number of hydrogen-bond acceptors (Lipinski definition) is 7. The standard InChI is InChI=1S/C16H14N4O4S/c1-24-15-7-6-10(9-18-15)19-20-13-8-14(25(21,22)23)11-4-2-3-5-12(11)16(13)17/h2-9H,17H2,1H3,(H,21,22,23). The quantitative estimate of drug-likeness (QED) is 0.417. The Bertz CT molecular complexity index is 1060. The van der Waals surface area contributed by atoms with Crippen LogP contribution in [0.5, 0.6) is 5.88 Å². The van der Waals surface area contributed by atoms with Crippen molar-refractivity contribution in [2.45, 2.75) is 4.90 Å². The molecule has 0 amide bonds. The van der Waals surface area contributed by atoms with Gasteiger partial charge in [0.2, 0.25) is 5.88 Å². The van der Waals surface area contributed by atoms with Gasteiger partial charge >= 0.3 is 0 Å². The summed E-state index contributed by atoms with van der Waals surface area (Å²) in [5.74, 6) is 0.429. The van der Waals surface area contributed by atoms with E-state index in [-0.39, 0.29) is 16.3 Å². The topological polar surface area (TPSA) is 127 Å². The molecule has 9 heteroatoms. The smallest absolute Gasteiger partial charge is 0.295 e. The van der Waals surface area contributed by atoms with Crippen LogP contribution >= 0.6 is 0 Å². The van der Waals surface area contributed by atoms with Gasteiger partial charge in [-0.1, -0.05) is 24.3 Å². The maximum absolute atomic E-state index is 11.7. The van der Waals surface area contributed by atoms with E-state index in [1.54, 1.807) is 36.4 Å². The molecule has 25 heavy (non-hydrogen) atoms. The van der Waals surface area contributed by atoms with Crippen molar-refractivity contribution in [3.8, 4) is 5.88 Å². The largest absolute Gasteiger partial charge is 0.481 e. The number of nitrogens with zero attached hydrogens (tertiary/aromatic N) is 3. The normalized spacial score (nSPS) is 11.9. The maximum atomic E-state index is 11.7. The highest BCUT2D eigenvalue weighted by Gasteiger charge is 2.18. The first-order valence-corrected chi connectivity index (χ1v) is 8.54. The summed E-state index contributed by atoms with van der Waals surface area (Å²) in [6.07, 6.45) is 1.45. The molecular formula is C16H14N4O4S. The maximum Gasteiger partial charge on any atom is 0.295 e. The van der Waals surface area contributed by atoms with E-state index in [4.69, 9.17) is 10.5 Å². The fourth-order valence-electron chi connectivity index (χ4n) is 2.31. The van der Waals surface area contributed by atoms with Crippen molar-refractivity contribution in [1.82, 2.24) is 4.98 Å². The van der Waals surface area contributed by atoms with E-state index < -0.39 is 10.1 Å². The lowest BCUT2D eigenvalue weighted by atomic mass is 10.1. The highest BCUT2D eigenvalue weighted by molar-refractivity contribution is 7.86. The zero-order valence-corrected chi connectivity index (χ0v) is 13.9. The van der Waals surface area contributed by atoms with Gasteiger partial charge in [-0.2, -0.15) is 8.42 Å². The van der Waals surface area contributed by atoms with Gasteiger partial charge in [-0.15, -0.1) is 10.2 Å². The van der Waals surface area contributed by atoms with Gasteiger partial charge in [-0.3, -0.25) is 4.55 Å². The van der Waals surface area contributed by atoms with E-state index in [0.29, 0.717) is 22.3 Å². The molecule has 1 heterocycles. The summed E-state index contributed by atoms with van der Waals surface area (Å²) < 4.78 is 37.8. The number of nitrogen functional groups attached to an aromatic ring is 1. The summed E-state index contributed by atoms with van der Waals surface area (Å²) in [6.45, 7) is 0. The Labute approximate surface area is 143 Å². The number of methoxy groups -OCH3 is 1. The molecule has 0 aliphatic rings. The molecule has 128 valence electrons. The number of hydrogen-bond donors (Lipinski definition) is 2. The first-order chi connectivity index (χ1) is 11.9. The van der Waals surface area contributed by atoms with Crippen LogP contribution < -0.4 is 10.5 Å². The summed E-state index contributed by atoms with van der Waals surface area (Å²) in [7, 11) is -2.95. The second-order valence-corrected chi connectivity index (χ2v) is 6.48. The molecule has 0 saturated carbocycles. The summed E-state index contributed by atoms with van der Waals surface area (Å²) in [5, 5.41) is 8.76. The van der Waals surface area contributed by atoms with Gasteiger partial charge in [-0.25, -0.2) is 4.98 Å². The molecule has 0 aliphatic heterocycles. The Morgan fingerprint density at radius 3 is 2.44 bits per heavy atom. The third-order valence-corrected chi connectivity index (χ3v) is 4.40. The predicted octanol–water partition coefficient (Wildman–Crippen LogP) is 3.49. The summed E-state index contributed by atoms with van der Waals surface area (Å²) in [5.41, 5.74) is 6.89. The molecule has 0 spiro atoms. The van der Waals surface area contributed by atoms with Gasteiger partial charge in [0, 0.05) is 16.8 Å². The minimum Gasteiger partial charge on any atom is -0.481 e. The zero-order chi connectivity index (χ0) is 18.0. The van der Waals surface area contributed by atoms with Crippen molar-refractivity contribution in [3.05, 3.63) is 48.7 Å². The Hall–Kier alpha value is -3.04. The van der Waals surface area contributed by atoms with Crippen LogP contribution in [0.1, 0.15) is 0 Å². The molecule has 8 nitrogen and oxygen atoms in total. The van der Waals surface area contributed by atoms with Crippen LogP contribution in [0.25, 0.3) is 10.8 Å². The average molecular weight is 358 g/mol. The summed E-state index contributed by atoms with van der Waals surface area (Å²) in [4.78, 5) is 3.72. The first kappa shape index (κ1) is 16.8. The van der Waals surface area contributed by atoms with Crippen LogP contribution in [0, 0.1) is 0 Å². The van der Waals surface area contributed by atoms with E-state index in [1.807, 2.05) is 0 Å². The summed E-state index contributed by atoms with van der Waals surface area (Å²) in [6, 6.07) is 11.0. The van der Waals surface area contributed by atoms with Gasteiger partial charge in [-0.05, 0) is 12.1 Å². The fourth-order valence-corrected chi connectivity index (χ4v) is 3.03. The molecule has 0 radical (unpaired) electrons. The van der Waals surface area contributed by atoms with Crippen molar-refractivity contribution in [2.24, 2.45) is 10.2 Å². The molecule has 1 aromatic heterocycles. The minimum atomic E-state index is -4.45. The molecule has 0 aliphatic carbocycles. The molecule has 0 fully saturated rings. The monoisotopic (exact) mass is 358 g/mol. The average Bonchev–Trinajstić information content (AvgIpc) is 2.61. The summed E-state index contributed by atoms with van der Waals surface area (Å²) >= 11 is 0. The number of rotatable bonds is 4. The number of benzene rings is 2. The second-order valence-electron chi connectivity index (χ2n) is 5.09. The van der Waals surface area contributed by atoms with Gasteiger partial charge in [0.25, 0.3) is 10.1 Å². The lowest BCUT2D eigenvalue weighted by Gasteiger charge is -2.09. The molecule has 0 bridgehead atoms. The molecule has 0 unspecified atom stereocenters. The molecule has 0 saturated heterocycles. The van der Waals surface area contributed by atoms with E-state index in [9.17, 15) is 13.0 Å². The number of ether oxygens (including phenoxy) is 1. The predicted molar refractivity (Wildman–Crippen MR) is 93.1 cm³/mol. The fraction of sp³-hybridized carbons (Fsp3) is 0.0625. The molecule has 3 aromatic rings. The van der Waals surface area contributed by atoms with Gasteiger partial charge < -0.3 is 10.5 Å². The third kappa shape index (κ3) is 3.42. The van der Waals surface area contributed by atoms with Crippen molar-refractivity contribution >= 4 is 38.0 Å². The Morgan fingerprint density at radius 2 is 1.84 bits per heavy atom. The Kier molecular flexibility index (Phi) is 4.34. The van der Waals surface area contributed by atoms with Crippen LogP contribution in [-0.4, -0.2) is 25.1 Å². The Morgan fingerprint density at radius 1 is 1.12 bits per heavy atom. The van der Waals surface area contributed by atoms with Crippen molar-refractivity contribution in [2.75, 3.05) is 12.8 Å². The van der Waals surface area contributed by atoms with Crippen molar-refractivity contribution in [1.29, 1.82) is 0 Å². The van der Waals surface area contributed by atoms with Crippen LogP contribution in [0.15, 0.2) is 63.8 Å². The van der Waals surface area contributed by atoms with Gasteiger partial charge in [0.1, 0.15) is 16.3 Å². The van der Waals surface area contributed by atoms with E-state index >= 15 is 0 Å². The third-order valence-electron chi connectivity index (χ3n) is 3.51. The zero-order valence-electron chi connectivity index (χ0n) is 13.1. The highest BCUT2D eigenvalue weighted by Crippen LogP contribution is 2.36. The van der Waals surface area contributed by atoms with Gasteiger partial charge in [0.05, 0.1) is 19.0 Å². The molecule has 3 rings (SSSR count). The van der Waals surface area contributed by atoms with E-state index in [1.165, 1.54) is 19.4 Å². The Balaban J connectivity index is 2.12. The first-order valence-electron chi connectivity index (χ1n) is 7.10. The molecule has 2 aromatic carbocycles. The van der Waals surface area contributed by atoms with Crippen LogP contribution in [0.3, 0.4) is 0 Å². The number of nitrogens with two attached hydrogens (primary N) is 1. The van der Waals surface area contributed by atoms with E-state index in [2.05, 4.69) is 15.2 Å². The van der Waals surface area contributed by atoms with Crippen molar-refractivity contribution < 1.29 is 17.7 Å². The molecule has 0 atom stereocenters. The van der Waals surface area contributed by atoms with Crippen LogP contribution in [0.4, 0.5) is 17.1 Å². The van der Waals surface area contributed by atoms with Gasteiger partial charge in [0.15, 0.2) is 0 Å². The SMILES string of the molecule is COc1ccc(N=Nc2cc(S(=O)(=O)O)c3ccccc3c2N)cn1. The molecular weight excluding hydrogens is 344 g/mol. The highest BCUT2D eigenvalue weighted by atomic mass is 32.2.